The van der Waals surface area contributed by atoms with Gasteiger partial charge in [0.15, 0.2) is 11.5 Å². The molecule has 0 amide bonds. The summed E-state index contributed by atoms with van der Waals surface area (Å²) in [6, 6.07) is 16.2. The van der Waals surface area contributed by atoms with Crippen molar-refractivity contribution in [3.8, 4) is 22.9 Å². The van der Waals surface area contributed by atoms with Crippen molar-refractivity contribution >= 4 is 11.7 Å². The molecule has 0 unspecified atom stereocenters. The number of ether oxygens (including phenoxy) is 2. The van der Waals surface area contributed by atoms with E-state index in [4.69, 9.17) is 14.0 Å². The Labute approximate surface area is 158 Å². The predicted octanol–water partition coefficient (Wildman–Crippen LogP) is 3.69. The van der Waals surface area contributed by atoms with E-state index in [9.17, 15) is 0 Å². The van der Waals surface area contributed by atoms with Crippen LogP contribution in [0.15, 0.2) is 53.1 Å². The van der Waals surface area contributed by atoms with Gasteiger partial charge in [-0.15, -0.1) is 0 Å². The molecule has 27 heavy (non-hydrogen) atoms. The first-order valence-electron chi connectivity index (χ1n) is 8.77. The molecule has 0 spiro atoms. The van der Waals surface area contributed by atoms with Gasteiger partial charge in [0.25, 0.3) is 0 Å². The Morgan fingerprint density at radius 3 is 2.56 bits per heavy atom. The minimum atomic E-state index is 0.405. The summed E-state index contributed by atoms with van der Waals surface area (Å²) < 4.78 is 15.8. The van der Waals surface area contributed by atoms with Crippen LogP contribution >= 0.6 is 0 Å². The van der Waals surface area contributed by atoms with Gasteiger partial charge in [-0.3, -0.25) is 0 Å². The normalized spacial score (nSPS) is 10.5. The summed E-state index contributed by atoms with van der Waals surface area (Å²) in [6.07, 6.45) is 0.944. The number of para-hydroxylation sites is 1. The van der Waals surface area contributed by atoms with Crippen LogP contribution in [0.5, 0.6) is 11.5 Å². The average molecular weight is 368 g/mol. The van der Waals surface area contributed by atoms with Crippen LogP contribution in [-0.2, 0) is 0 Å². The molecular weight excluding hydrogens is 344 g/mol. The van der Waals surface area contributed by atoms with Crippen LogP contribution in [0.4, 0.5) is 11.7 Å². The molecule has 0 aliphatic rings. The number of rotatable bonds is 9. The Bertz CT molecular complexity index is 851. The Kier molecular flexibility index (Phi) is 6.14. The second-order valence-corrected chi connectivity index (χ2v) is 6.03. The van der Waals surface area contributed by atoms with Crippen LogP contribution in [-0.4, -0.2) is 44.5 Å². The van der Waals surface area contributed by atoms with E-state index in [0.29, 0.717) is 23.3 Å². The van der Waals surface area contributed by atoms with Crippen LogP contribution in [0, 0.1) is 0 Å². The second kappa shape index (κ2) is 8.93. The first-order valence-corrected chi connectivity index (χ1v) is 8.77. The number of anilines is 2. The molecule has 3 rings (SSSR count). The highest BCUT2D eigenvalue weighted by atomic mass is 16.5. The number of hydrogen-bond donors (Lipinski definition) is 1. The lowest BCUT2D eigenvalue weighted by molar-refractivity contribution is 0.355. The van der Waals surface area contributed by atoms with E-state index < -0.39 is 0 Å². The van der Waals surface area contributed by atoms with Crippen molar-refractivity contribution in [2.24, 2.45) is 0 Å². The molecular formula is C20H24N4O3. The molecule has 142 valence electrons. The molecule has 2 aromatic carbocycles. The van der Waals surface area contributed by atoms with E-state index in [2.05, 4.69) is 39.5 Å². The van der Waals surface area contributed by atoms with Crippen molar-refractivity contribution < 1.29 is 14.0 Å². The van der Waals surface area contributed by atoms with Gasteiger partial charge in [-0.25, -0.2) is 0 Å². The summed E-state index contributed by atoms with van der Waals surface area (Å²) in [4.78, 5) is 6.60. The van der Waals surface area contributed by atoms with Gasteiger partial charge < -0.3 is 24.2 Å². The molecule has 0 saturated carbocycles. The number of nitrogens with one attached hydrogen (secondary N) is 1. The standard InChI is InChI=1S/C20H24N4O3/c1-24(16-8-5-4-6-9-16)13-7-12-21-20-22-19(23-27-20)15-10-11-17(25-2)18(14-15)26-3/h4-6,8-11,14H,7,12-13H2,1-3H3,(H,21,22,23). The maximum Gasteiger partial charge on any atom is 0.321 e. The monoisotopic (exact) mass is 368 g/mol. The van der Waals surface area contributed by atoms with Gasteiger partial charge in [0.2, 0.25) is 5.82 Å². The molecule has 1 heterocycles. The molecule has 0 fully saturated rings. The molecule has 0 saturated heterocycles. The van der Waals surface area contributed by atoms with Crippen molar-refractivity contribution in [3.05, 3.63) is 48.5 Å². The lowest BCUT2D eigenvalue weighted by Gasteiger charge is -2.18. The van der Waals surface area contributed by atoms with Crippen LogP contribution < -0.4 is 19.7 Å². The first kappa shape index (κ1) is 18.6. The van der Waals surface area contributed by atoms with E-state index in [0.717, 1.165) is 25.1 Å². The van der Waals surface area contributed by atoms with Gasteiger partial charge in [0.05, 0.1) is 14.2 Å². The van der Waals surface area contributed by atoms with Crippen LogP contribution in [0.25, 0.3) is 11.4 Å². The SMILES string of the molecule is COc1ccc(-c2noc(NCCCN(C)c3ccccc3)n2)cc1OC. The van der Waals surface area contributed by atoms with E-state index in [1.165, 1.54) is 5.69 Å². The van der Waals surface area contributed by atoms with Crippen molar-refractivity contribution in [1.82, 2.24) is 10.1 Å². The Morgan fingerprint density at radius 2 is 1.81 bits per heavy atom. The minimum absolute atomic E-state index is 0.405. The average Bonchev–Trinajstić information content (AvgIpc) is 3.20. The summed E-state index contributed by atoms with van der Waals surface area (Å²) in [5, 5.41) is 7.19. The summed E-state index contributed by atoms with van der Waals surface area (Å²) in [6.45, 7) is 1.67. The summed E-state index contributed by atoms with van der Waals surface area (Å²) in [5.74, 6) is 1.78. The summed E-state index contributed by atoms with van der Waals surface area (Å²) in [5.41, 5.74) is 2.00. The van der Waals surface area contributed by atoms with Crippen molar-refractivity contribution in [2.45, 2.75) is 6.42 Å². The third-order valence-electron chi connectivity index (χ3n) is 4.21. The molecule has 7 nitrogen and oxygen atoms in total. The summed E-state index contributed by atoms with van der Waals surface area (Å²) >= 11 is 0. The number of aromatic nitrogens is 2. The fourth-order valence-corrected chi connectivity index (χ4v) is 2.71. The van der Waals surface area contributed by atoms with Gasteiger partial charge in [0, 0.05) is 31.4 Å². The lowest BCUT2D eigenvalue weighted by Crippen LogP contribution is -2.20. The number of benzene rings is 2. The highest BCUT2D eigenvalue weighted by Gasteiger charge is 2.12. The Hall–Kier alpha value is -3.22. The number of methoxy groups -OCH3 is 2. The molecule has 7 heteroatoms. The number of hydrogen-bond acceptors (Lipinski definition) is 7. The zero-order valence-corrected chi connectivity index (χ0v) is 15.8. The first-order chi connectivity index (χ1) is 13.2. The van der Waals surface area contributed by atoms with E-state index in [1.54, 1.807) is 14.2 Å². The molecule has 0 aliphatic carbocycles. The molecule has 0 bridgehead atoms. The molecule has 0 aliphatic heterocycles. The van der Waals surface area contributed by atoms with Gasteiger partial charge in [-0.2, -0.15) is 4.98 Å². The maximum atomic E-state index is 5.31. The van der Waals surface area contributed by atoms with E-state index in [1.807, 2.05) is 36.4 Å². The largest absolute Gasteiger partial charge is 0.493 e. The number of nitrogens with zero attached hydrogens (tertiary/aromatic N) is 3. The second-order valence-electron chi connectivity index (χ2n) is 6.03. The third-order valence-corrected chi connectivity index (χ3v) is 4.21. The predicted molar refractivity (Wildman–Crippen MR) is 106 cm³/mol. The summed E-state index contributed by atoms with van der Waals surface area (Å²) in [7, 11) is 5.28. The van der Waals surface area contributed by atoms with Crippen molar-refractivity contribution in [2.75, 3.05) is 44.6 Å². The molecule has 1 N–H and O–H groups in total. The van der Waals surface area contributed by atoms with Gasteiger partial charge >= 0.3 is 6.01 Å². The molecule has 0 radical (unpaired) electrons. The fraction of sp³-hybridized carbons (Fsp3) is 0.300. The quantitative estimate of drug-likeness (QED) is 0.577. The third kappa shape index (κ3) is 4.69. The molecule has 3 aromatic rings. The molecule has 0 atom stereocenters. The maximum absolute atomic E-state index is 5.31. The lowest BCUT2D eigenvalue weighted by atomic mass is 10.2. The van der Waals surface area contributed by atoms with E-state index >= 15 is 0 Å². The minimum Gasteiger partial charge on any atom is -0.493 e. The smallest absolute Gasteiger partial charge is 0.321 e. The topological polar surface area (TPSA) is 72.7 Å². The molecule has 1 aromatic heterocycles. The van der Waals surface area contributed by atoms with Crippen molar-refractivity contribution in [1.29, 1.82) is 0 Å². The fourth-order valence-electron chi connectivity index (χ4n) is 2.71. The highest BCUT2D eigenvalue weighted by Crippen LogP contribution is 2.31. The van der Waals surface area contributed by atoms with Gasteiger partial charge in [-0.1, -0.05) is 23.4 Å². The highest BCUT2D eigenvalue weighted by molar-refractivity contribution is 5.61. The Balaban J connectivity index is 1.52. The Morgan fingerprint density at radius 1 is 1.04 bits per heavy atom. The van der Waals surface area contributed by atoms with Gasteiger partial charge in [-0.05, 0) is 36.8 Å². The van der Waals surface area contributed by atoms with E-state index in [-0.39, 0.29) is 0 Å². The zero-order chi connectivity index (χ0) is 19.1. The zero-order valence-electron chi connectivity index (χ0n) is 15.8. The van der Waals surface area contributed by atoms with Crippen LogP contribution in [0.2, 0.25) is 0 Å². The van der Waals surface area contributed by atoms with Crippen molar-refractivity contribution in [3.63, 3.8) is 0 Å². The van der Waals surface area contributed by atoms with Crippen LogP contribution in [0.1, 0.15) is 6.42 Å². The van der Waals surface area contributed by atoms with Gasteiger partial charge in [0.1, 0.15) is 0 Å². The van der Waals surface area contributed by atoms with Crippen LogP contribution in [0.3, 0.4) is 0 Å².